The van der Waals surface area contributed by atoms with Crippen molar-refractivity contribution >= 4 is 33.4 Å². The molecule has 5 nitrogen and oxygen atoms in total. The average Bonchev–Trinajstić information content (AvgIpc) is 2.82. The van der Waals surface area contributed by atoms with Crippen molar-refractivity contribution < 1.29 is 13.2 Å². The SMILES string of the molecule is CCC(NC(=O)CN(c1ccc(C)cc1)S(=O)(=O)c1ccc(SC)cc1)c1ccccc1. The molecule has 0 aliphatic carbocycles. The van der Waals surface area contributed by atoms with Crippen molar-refractivity contribution in [2.45, 2.75) is 36.1 Å². The van der Waals surface area contributed by atoms with Gasteiger partial charge in [0.05, 0.1) is 16.6 Å². The van der Waals surface area contributed by atoms with Crippen molar-refractivity contribution in [3.05, 3.63) is 90.0 Å². The zero-order valence-corrected chi connectivity index (χ0v) is 20.1. The maximum atomic E-state index is 13.5. The molecule has 0 aliphatic rings. The van der Waals surface area contributed by atoms with E-state index in [1.54, 1.807) is 36.4 Å². The van der Waals surface area contributed by atoms with Gasteiger partial charge in [-0.15, -0.1) is 11.8 Å². The summed E-state index contributed by atoms with van der Waals surface area (Å²) < 4.78 is 28.2. The summed E-state index contributed by atoms with van der Waals surface area (Å²) in [5.41, 5.74) is 2.45. The van der Waals surface area contributed by atoms with Crippen LogP contribution in [-0.4, -0.2) is 27.1 Å². The average molecular weight is 469 g/mol. The molecular formula is C25H28N2O3S2. The molecule has 1 atom stereocenters. The molecule has 0 aromatic heterocycles. The lowest BCUT2D eigenvalue weighted by Crippen LogP contribution is -2.42. The molecule has 0 bridgehead atoms. The molecule has 0 saturated carbocycles. The standard InChI is InChI=1S/C25H28N2O3S2/c1-4-24(20-8-6-5-7-9-20)26-25(28)18-27(21-12-10-19(2)11-13-21)32(29,30)23-16-14-22(31-3)15-17-23/h5-17,24H,4,18H2,1-3H3,(H,26,28). The van der Waals surface area contributed by atoms with Gasteiger partial charge in [-0.1, -0.05) is 55.0 Å². The highest BCUT2D eigenvalue weighted by Crippen LogP contribution is 2.26. The molecule has 0 saturated heterocycles. The lowest BCUT2D eigenvalue weighted by Gasteiger charge is -2.26. The van der Waals surface area contributed by atoms with Gasteiger partial charge in [0.2, 0.25) is 5.91 Å². The third kappa shape index (κ3) is 5.72. The van der Waals surface area contributed by atoms with Gasteiger partial charge in [-0.25, -0.2) is 8.42 Å². The van der Waals surface area contributed by atoms with E-state index in [2.05, 4.69) is 5.32 Å². The second-order valence-corrected chi connectivity index (χ2v) is 10.2. The van der Waals surface area contributed by atoms with Crippen molar-refractivity contribution in [3.63, 3.8) is 0 Å². The van der Waals surface area contributed by atoms with Gasteiger partial charge in [-0.3, -0.25) is 9.10 Å². The lowest BCUT2D eigenvalue weighted by molar-refractivity contribution is -0.120. The number of thioether (sulfide) groups is 1. The number of carbonyl (C=O) groups is 1. The van der Waals surface area contributed by atoms with Gasteiger partial charge >= 0.3 is 0 Å². The zero-order valence-electron chi connectivity index (χ0n) is 18.5. The van der Waals surface area contributed by atoms with E-state index in [-0.39, 0.29) is 23.4 Å². The molecular weight excluding hydrogens is 440 g/mol. The van der Waals surface area contributed by atoms with Crippen molar-refractivity contribution in [2.24, 2.45) is 0 Å². The van der Waals surface area contributed by atoms with E-state index in [1.165, 1.54) is 16.1 Å². The summed E-state index contributed by atoms with van der Waals surface area (Å²) in [5, 5.41) is 2.99. The second kappa shape index (κ2) is 10.7. The quantitative estimate of drug-likeness (QED) is 0.440. The molecule has 3 aromatic rings. The van der Waals surface area contributed by atoms with E-state index in [0.29, 0.717) is 12.1 Å². The number of aryl methyl sites for hydroxylation is 1. The van der Waals surface area contributed by atoms with Crippen molar-refractivity contribution in [1.82, 2.24) is 5.32 Å². The third-order valence-electron chi connectivity index (χ3n) is 5.20. The van der Waals surface area contributed by atoms with Gasteiger partial charge in [0, 0.05) is 4.90 Å². The van der Waals surface area contributed by atoms with Crippen LogP contribution in [0.15, 0.2) is 88.7 Å². The van der Waals surface area contributed by atoms with E-state index in [1.807, 2.05) is 62.6 Å². The van der Waals surface area contributed by atoms with Crippen LogP contribution in [0.3, 0.4) is 0 Å². The predicted molar refractivity (Wildman–Crippen MR) is 132 cm³/mol. The Labute approximate surface area is 194 Å². The predicted octanol–water partition coefficient (Wildman–Crippen LogP) is 5.18. The number of carbonyl (C=O) groups excluding carboxylic acids is 1. The minimum atomic E-state index is -3.93. The number of benzene rings is 3. The number of hydrogen-bond donors (Lipinski definition) is 1. The first-order valence-electron chi connectivity index (χ1n) is 10.4. The maximum absolute atomic E-state index is 13.5. The molecule has 0 heterocycles. The van der Waals surface area contributed by atoms with Gasteiger partial charge in [0.25, 0.3) is 10.0 Å². The molecule has 0 aliphatic heterocycles. The normalized spacial score (nSPS) is 12.2. The Hall–Kier alpha value is -2.77. The smallest absolute Gasteiger partial charge is 0.264 e. The van der Waals surface area contributed by atoms with Crippen molar-refractivity contribution in [2.75, 3.05) is 17.1 Å². The first-order valence-corrected chi connectivity index (χ1v) is 13.1. The summed E-state index contributed by atoms with van der Waals surface area (Å²) in [5.74, 6) is -0.356. The van der Waals surface area contributed by atoms with Gasteiger partial charge < -0.3 is 5.32 Å². The summed E-state index contributed by atoms with van der Waals surface area (Å²) in [6, 6.07) is 23.3. The largest absolute Gasteiger partial charge is 0.348 e. The number of nitrogens with one attached hydrogen (secondary N) is 1. The Bertz CT molecular complexity index is 1130. The highest BCUT2D eigenvalue weighted by molar-refractivity contribution is 7.98. The number of anilines is 1. The molecule has 0 radical (unpaired) electrons. The summed E-state index contributed by atoms with van der Waals surface area (Å²) >= 11 is 1.54. The molecule has 7 heteroatoms. The van der Waals surface area contributed by atoms with E-state index in [0.717, 1.165) is 16.0 Å². The Kier molecular flexibility index (Phi) is 7.99. The summed E-state index contributed by atoms with van der Waals surface area (Å²) in [6.45, 7) is 3.61. The van der Waals surface area contributed by atoms with Crippen LogP contribution in [0.2, 0.25) is 0 Å². The van der Waals surface area contributed by atoms with Crippen LogP contribution in [-0.2, 0) is 14.8 Å². The maximum Gasteiger partial charge on any atom is 0.264 e. The first-order chi connectivity index (χ1) is 15.3. The van der Waals surface area contributed by atoms with Gasteiger partial charge in [0.1, 0.15) is 6.54 Å². The van der Waals surface area contributed by atoms with Crippen LogP contribution in [0, 0.1) is 6.92 Å². The monoisotopic (exact) mass is 468 g/mol. The molecule has 1 amide bonds. The topological polar surface area (TPSA) is 66.5 Å². The number of hydrogen-bond acceptors (Lipinski definition) is 4. The number of nitrogens with zero attached hydrogens (tertiary/aromatic N) is 1. The molecule has 0 fully saturated rings. The van der Waals surface area contributed by atoms with Crippen LogP contribution in [0.25, 0.3) is 0 Å². The van der Waals surface area contributed by atoms with Gasteiger partial charge in [-0.2, -0.15) is 0 Å². The van der Waals surface area contributed by atoms with Crippen LogP contribution in [0.1, 0.15) is 30.5 Å². The van der Waals surface area contributed by atoms with Crippen LogP contribution < -0.4 is 9.62 Å². The molecule has 32 heavy (non-hydrogen) atoms. The Balaban J connectivity index is 1.90. The molecule has 0 spiro atoms. The fourth-order valence-electron chi connectivity index (χ4n) is 3.38. The van der Waals surface area contributed by atoms with Crippen LogP contribution in [0.4, 0.5) is 5.69 Å². The number of amides is 1. The van der Waals surface area contributed by atoms with Gasteiger partial charge in [0.15, 0.2) is 0 Å². The molecule has 1 unspecified atom stereocenters. The van der Waals surface area contributed by atoms with Crippen molar-refractivity contribution in [1.29, 1.82) is 0 Å². The highest BCUT2D eigenvalue weighted by Gasteiger charge is 2.28. The minimum absolute atomic E-state index is 0.152. The van der Waals surface area contributed by atoms with Crippen LogP contribution >= 0.6 is 11.8 Å². The lowest BCUT2D eigenvalue weighted by atomic mass is 10.0. The van der Waals surface area contributed by atoms with Crippen LogP contribution in [0.5, 0.6) is 0 Å². The molecule has 3 aromatic carbocycles. The molecule has 1 N–H and O–H groups in total. The zero-order chi connectivity index (χ0) is 23.1. The molecule has 168 valence electrons. The fourth-order valence-corrected chi connectivity index (χ4v) is 5.21. The molecule has 3 rings (SSSR count). The second-order valence-electron chi connectivity index (χ2n) is 7.46. The summed E-state index contributed by atoms with van der Waals surface area (Å²) in [4.78, 5) is 14.1. The Morgan fingerprint density at radius 1 is 0.969 bits per heavy atom. The summed E-state index contributed by atoms with van der Waals surface area (Å²) in [7, 11) is -3.93. The van der Waals surface area contributed by atoms with Crippen molar-refractivity contribution in [3.8, 4) is 0 Å². The Morgan fingerprint density at radius 3 is 2.16 bits per heavy atom. The van der Waals surface area contributed by atoms with E-state index < -0.39 is 10.0 Å². The van der Waals surface area contributed by atoms with E-state index in [9.17, 15) is 13.2 Å². The van der Waals surface area contributed by atoms with E-state index >= 15 is 0 Å². The fraction of sp³-hybridized carbons (Fsp3) is 0.240. The number of rotatable bonds is 9. The van der Waals surface area contributed by atoms with E-state index in [4.69, 9.17) is 0 Å². The first kappa shape index (κ1) is 23.9. The van der Waals surface area contributed by atoms with Gasteiger partial charge in [-0.05, 0) is 61.6 Å². The number of sulfonamides is 1. The highest BCUT2D eigenvalue weighted by atomic mass is 32.2. The summed E-state index contributed by atoms with van der Waals surface area (Å²) in [6.07, 6.45) is 2.63. The Morgan fingerprint density at radius 2 is 1.59 bits per heavy atom. The third-order valence-corrected chi connectivity index (χ3v) is 7.73. The minimum Gasteiger partial charge on any atom is -0.348 e.